The number of aliphatic hydroxyl groups excluding tert-OH is 1. The van der Waals surface area contributed by atoms with Gasteiger partial charge in [0.1, 0.15) is 28.9 Å². The lowest BCUT2D eigenvalue weighted by Gasteiger charge is -2.16. The van der Waals surface area contributed by atoms with Gasteiger partial charge in [-0.2, -0.15) is 0 Å². The van der Waals surface area contributed by atoms with Crippen LogP contribution in [0.4, 0.5) is 8.78 Å². The van der Waals surface area contributed by atoms with E-state index in [2.05, 4.69) is 42.2 Å². The summed E-state index contributed by atoms with van der Waals surface area (Å²) in [5.74, 6) is -1.55. The van der Waals surface area contributed by atoms with Crippen LogP contribution in [0.15, 0.2) is 66.0 Å². The van der Waals surface area contributed by atoms with Crippen molar-refractivity contribution in [3.05, 3.63) is 94.6 Å². The molecule has 4 rings (SSSR count). The van der Waals surface area contributed by atoms with Gasteiger partial charge in [0, 0.05) is 22.6 Å². The summed E-state index contributed by atoms with van der Waals surface area (Å²) in [5.41, 5.74) is 0.554. The van der Waals surface area contributed by atoms with Gasteiger partial charge in [-0.05, 0) is 57.2 Å². The highest BCUT2D eigenvalue weighted by Crippen LogP contribution is 2.29. The molecule has 0 spiro atoms. The molecule has 0 radical (unpaired) electrons. The van der Waals surface area contributed by atoms with E-state index in [1.807, 2.05) is 13.8 Å². The summed E-state index contributed by atoms with van der Waals surface area (Å²) in [5, 5.41) is 10.1. The van der Waals surface area contributed by atoms with Crippen LogP contribution in [0.3, 0.4) is 0 Å². The van der Waals surface area contributed by atoms with E-state index in [0.29, 0.717) is 28.0 Å². The van der Waals surface area contributed by atoms with E-state index in [0.717, 1.165) is 16.7 Å². The van der Waals surface area contributed by atoms with Crippen LogP contribution in [0.5, 0.6) is 0 Å². The molecule has 0 saturated heterocycles. The SMILES string of the molecule is C=C(O)c1cccc(-c2nc(C)nc3c2ccc(=O)n3-c2c(F)cccc2F)c1.CC.CCCCN(CC)CC. The maximum Gasteiger partial charge on any atom is 0.256 e. The van der Waals surface area contributed by atoms with Crippen LogP contribution in [0.1, 0.15) is 58.8 Å². The molecule has 0 saturated carbocycles. The molecule has 0 aliphatic rings. The topological polar surface area (TPSA) is 71.2 Å². The van der Waals surface area contributed by atoms with Gasteiger partial charge < -0.3 is 10.0 Å². The lowest BCUT2D eigenvalue weighted by molar-refractivity contribution is 0.299. The minimum absolute atomic E-state index is 0.0808. The number of benzene rings is 2. The quantitative estimate of drug-likeness (QED) is 0.228. The number of nitrogens with zero attached hydrogens (tertiary/aromatic N) is 4. The number of pyridine rings is 1. The molecule has 0 aliphatic carbocycles. The Kier molecular flexibility index (Phi) is 12.6. The number of para-hydroxylation sites is 1. The predicted molar refractivity (Wildman–Crippen MR) is 161 cm³/mol. The summed E-state index contributed by atoms with van der Waals surface area (Å²) < 4.78 is 29.8. The van der Waals surface area contributed by atoms with Gasteiger partial charge >= 0.3 is 0 Å². The average molecular weight is 551 g/mol. The van der Waals surface area contributed by atoms with Crippen molar-refractivity contribution in [2.75, 3.05) is 19.6 Å². The van der Waals surface area contributed by atoms with E-state index >= 15 is 0 Å². The Morgan fingerprint density at radius 1 is 0.975 bits per heavy atom. The lowest BCUT2D eigenvalue weighted by Crippen LogP contribution is -2.23. The largest absolute Gasteiger partial charge is 0.508 e. The van der Waals surface area contributed by atoms with E-state index < -0.39 is 22.9 Å². The molecule has 2 aromatic carbocycles. The molecular weight excluding hydrogens is 510 g/mol. The monoisotopic (exact) mass is 550 g/mol. The fourth-order valence-corrected chi connectivity index (χ4v) is 4.13. The van der Waals surface area contributed by atoms with Crippen LogP contribution in [0.25, 0.3) is 33.7 Å². The third-order valence-electron chi connectivity index (χ3n) is 6.21. The van der Waals surface area contributed by atoms with E-state index in [1.165, 1.54) is 50.7 Å². The van der Waals surface area contributed by atoms with Gasteiger partial charge in [0.2, 0.25) is 0 Å². The van der Waals surface area contributed by atoms with E-state index in [9.17, 15) is 18.7 Å². The Balaban J connectivity index is 0.000000436. The number of aryl methyl sites for hydroxylation is 1. The molecule has 40 heavy (non-hydrogen) atoms. The first-order valence-electron chi connectivity index (χ1n) is 13.8. The molecule has 0 aliphatic heterocycles. The Bertz CT molecular complexity index is 1460. The summed E-state index contributed by atoms with van der Waals surface area (Å²) in [6, 6.07) is 13.0. The molecule has 6 nitrogen and oxygen atoms in total. The minimum Gasteiger partial charge on any atom is -0.508 e. The molecule has 0 atom stereocenters. The van der Waals surface area contributed by atoms with Gasteiger partial charge in [0.25, 0.3) is 5.56 Å². The zero-order valence-corrected chi connectivity index (χ0v) is 24.3. The van der Waals surface area contributed by atoms with Crippen LogP contribution < -0.4 is 5.56 Å². The van der Waals surface area contributed by atoms with Crippen LogP contribution in [-0.2, 0) is 0 Å². The number of unbranched alkanes of at least 4 members (excludes halogenated alkanes) is 1. The highest BCUT2D eigenvalue weighted by Gasteiger charge is 2.19. The Hall–Kier alpha value is -3.91. The number of hydrogen-bond donors (Lipinski definition) is 1. The van der Waals surface area contributed by atoms with Crippen molar-refractivity contribution in [3.8, 4) is 16.9 Å². The maximum absolute atomic E-state index is 14.4. The number of halogens is 2. The molecule has 4 aromatic rings. The van der Waals surface area contributed by atoms with Gasteiger partial charge in [0.15, 0.2) is 5.65 Å². The van der Waals surface area contributed by atoms with E-state index in [-0.39, 0.29) is 11.4 Å². The number of rotatable bonds is 8. The average Bonchev–Trinajstić information content (AvgIpc) is 2.95. The van der Waals surface area contributed by atoms with Crippen molar-refractivity contribution in [2.24, 2.45) is 0 Å². The molecule has 214 valence electrons. The first kappa shape index (κ1) is 32.3. The molecule has 0 unspecified atom stereocenters. The second kappa shape index (κ2) is 15.6. The standard InChI is InChI=1S/C22H15F2N3O2.C8H19N.C2H6/c1-12(28)14-5-3-6-15(11-14)20-16-9-10-19(29)27(22(16)26-13(2)25-20)21-17(23)7-4-8-18(21)24;1-4-7-8-9(5-2)6-3;1-2/h3-11,28H,1H2,2H3;4-8H2,1-3H3;1-2H3. The number of hydrogen-bond acceptors (Lipinski definition) is 5. The maximum atomic E-state index is 14.4. The number of aliphatic hydroxyl groups is 1. The van der Waals surface area contributed by atoms with Crippen LogP contribution in [0.2, 0.25) is 0 Å². The summed E-state index contributed by atoms with van der Waals surface area (Å²) in [6.45, 7) is 19.5. The van der Waals surface area contributed by atoms with Crippen LogP contribution in [0, 0.1) is 18.6 Å². The molecule has 2 heterocycles. The Labute approximate surface area is 235 Å². The lowest BCUT2D eigenvalue weighted by atomic mass is 10.0. The van der Waals surface area contributed by atoms with Gasteiger partial charge in [-0.3, -0.25) is 9.36 Å². The zero-order valence-electron chi connectivity index (χ0n) is 24.3. The smallest absolute Gasteiger partial charge is 0.256 e. The van der Waals surface area contributed by atoms with Crippen molar-refractivity contribution in [2.45, 2.75) is 54.4 Å². The number of aromatic nitrogens is 3. The predicted octanol–water partition coefficient (Wildman–Crippen LogP) is 7.72. The van der Waals surface area contributed by atoms with Crippen molar-refractivity contribution in [1.29, 1.82) is 0 Å². The Morgan fingerprint density at radius 2 is 1.60 bits per heavy atom. The van der Waals surface area contributed by atoms with E-state index in [4.69, 9.17) is 0 Å². The molecule has 1 N–H and O–H groups in total. The van der Waals surface area contributed by atoms with Crippen molar-refractivity contribution >= 4 is 16.8 Å². The molecule has 0 fully saturated rings. The third kappa shape index (κ3) is 7.82. The summed E-state index contributed by atoms with van der Waals surface area (Å²) in [7, 11) is 0. The molecule has 2 aromatic heterocycles. The van der Waals surface area contributed by atoms with E-state index in [1.54, 1.807) is 31.2 Å². The highest BCUT2D eigenvalue weighted by molar-refractivity contribution is 5.91. The van der Waals surface area contributed by atoms with Crippen LogP contribution in [-0.4, -0.2) is 44.2 Å². The second-order valence-electron chi connectivity index (χ2n) is 8.84. The zero-order chi connectivity index (χ0) is 29.8. The highest BCUT2D eigenvalue weighted by atomic mass is 19.1. The second-order valence-corrected chi connectivity index (χ2v) is 8.84. The van der Waals surface area contributed by atoms with Crippen molar-refractivity contribution < 1.29 is 13.9 Å². The third-order valence-corrected chi connectivity index (χ3v) is 6.21. The fourth-order valence-electron chi connectivity index (χ4n) is 4.13. The van der Waals surface area contributed by atoms with Crippen molar-refractivity contribution in [3.63, 3.8) is 0 Å². The first-order chi connectivity index (χ1) is 19.2. The fraction of sp³-hybridized carbons (Fsp3) is 0.344. The van der Waals surface area contributed by atoms with Gasteiger partial charge in [-0.25, -0.2) is 18.7 Å². The van der Waals surface area contributed by atoms with Gasteiger partial charge in [-0.15, -0.1) is 0 Å². The van der Waals surface area contributed by atoms with Crippen molar-refractivity contribution in [1.82, 2.24) is 19.4 Å². The van der Waals surface area contributed by atoms with Crippen LogP contribution >= 0.6 is 0 Å². The minimum atomic E-state index is -0.879. The summed E-state index contributed by atoms with van der Waals surface area (Å²) in [4.78, 5) is 23.8. The molecule has 8 heteroatoms. The number of fused-ring (bicyclic) bond motifs is 1. The van der Waals surface area contributed by atoms with Gasteiger partial charge in [-0.1, -0.05) is 71.9 Å². The normalized spacial score (nSPS) is 10.5. The Morgan fingerprint density at radius 3 is 2.17 bits per heavy atom. The molecule has 0 amide bonds. The molecule has 0 bridgehead atoms. The van der Waals surface area contributed by atoms with Gasteiger partial charge in [0.05, 0.1) is 5.69 Å². The summed E-state index contributed by atoms with van der Waals surface area (Å²) in [6.07, 6.45) is 2.66. The summed E-state index contributed by atoms with van der Waals surface area (Å²) >= 11 is 0. The molecular formula is C32H40F2N4O2. The first-order valence-corrected chi connectivity index (χ1v) is 13.8.